The summed E-state index contributed by atoms with van der Waals surface area (Å²) in [4.78, 5) is 31.2. The molecule has 1 N–H and O–H groups in total. The van der Waals surface area contributed by atoms with E-state index in [-0.39, 0.29) is 0 Å². The minimum atomic E-state index is -0.891. The number of aliphatic carboxylic acids is 1. The van der Waals surface area contributed by atoms with Crippen LogP contribution in [-0.2, 0) is 9.53 Å². The van der Waals surface area contributed by atoms with Gasteiger partial charge in [0, 0.05) is 6.08 Å². The Balaban J connectivity index is 0.000000209. The zero-order chi connectivity index (χ0) is 12.8. The van der Waals surface area contributed by atoms with Crippen molar-refractivity contribution in [1.29, 1.82) is 0 Å². The molecule has 0 bridgehead atoms. The van der Waals surface area contributed by atoms with Crippen LogP contribution >= 0.6 is 0 Å². The van der Waals surface area contributed by atoms with E-state index in [1.165, 1.54) is 6.08 Å². The van der Waals surface area contributed by atoms with Crippen LogP contribution < -0.4 is 0 Å². The average molecular weight is 234 g/mol. The number of benzene rings is 1. The number of fused-ring (bicyclic) bond motifs is 1. The number of carbonyl (C=O) groups excluding carboxylic acids is 2. The molecule has 1 aliphatic rings. The molecule has 0 unspecified atom stereocenters. The highest BCUT2D eigenvalue weighted by atomic mass is 16.6. The van der Waals surface area contributed by atoms with E-state index in [0.29, 0.717) is 11.1 Å². The fourth-order valence-corrected chi connectivity index (χ4v) is 1.18. The van der Waals surface area contributed by atoms with Crippen LogP contribution in [0, 0.1) is 0 Å². The summed E-state index contributed by atoms with van der Waals surface area (Å²) in [5.74, 6) is -1.99. The summed E-state index contributed by atoms with van der Waals surface area (Å²) >= 11 is 0. The second-order valence-electron chi connectivity index (χ2n) is 3.06. The molecule has 0 aliphatic carbocycles. The Labute approximate surface area is 97.3 Å². The van der Waals surface area contributed by atoms with Crippen molar-refractivity contribution in [1.82, 2.24) is 0 Å². The Hall–Kier alpha value is -2.43. The molecule has 0 saturated carbocycles. The molecule has 88 valence electrons. The number of allylic oxidation sites excluding steroid dienone is 1. The maximum atomic E-state index is 10.8. The number of carboxylic acids is 1. The van der Waals surface area contributed by atoms with Gasteiger partial charge in [-0.2, -0.15) is 0 Å². The van der Waals surface area contributed by atoms with Crippen LogP contribution in [-0.4, -0.2) is 23.0 Å². The number of cyclic esters (lactones) is 2. The van der Waals surface area contributed by atoms with Gasteiger partial charge in [0.25, 0.3) is 0 Å². The van der Waals surface area contributed by atoms with Crippen molar-refractivity contribution in [3.05, 3.63) is 47.5 Å². The maximum Gasteiger partial charge on any atom is 0.346 e. The van der Waals surface area contributed by atoms with E-state index in [2.05, 4.69) is 4.74 Å². The standard InChI is InChI=1S/C8H4O3.C4H6O2/c9-7-5-3-1-2-4-6(5)8(10)11-7;1-2-3-4(5)6/h1-4H;2-3H,1H3,(H,5,6). The summed E-state index contributed by atoms with van der Waals surface area (Å²) in [6.45, 7) is 1.66. The minimum Gasteiger partial charge on any atom is -0.478 e. The van der Waals surface area contributed by atoms with Crippen molar-refractivity contribution in [2.75, 3.05) is 0 Å². The lowest BCUT2D eigenvalue weighted by Crippen LogP contribution is -1.96. The summed E-state index contributed by atoms with van der Waals surface area (Å²) in [7, 11) is 0. The third-order valence-corrected chi connectivity index (χ3v) is 1.86. The molecule has 1 heterocycles. The molecular formula is C12H10O5. The Bertz CT molecular complexity index is 454. The molecule has 1 aromatic rings. The quantitative estimate of drug-likeness (QED) is 0.454. The summed E-state index contributed by atoms with van der Waals surface area (Å²) in [5.41, 5.74) is 0.718. The first-order valence-electron chi connectivity index (χ1n) is 4.77. The minimum absolute atomic E-state index is 0.359. The van der Waals surface area contributed by atoms with E-state index < -0.39 is 17.9 Å². The van der Waals surface area contributed by atoms with Gasteiger partial charge in [0.2, 0.25) is 0 Å². The Morgan fingerprint density at radius 1 is 1.18 bits per heavy atom. The van der Waals surface area contributed by atoms with Crippen LogP contribution in [0.2, 0.25) is 0 Å². The van der Waals surface area contributed by atoms with Crippen molar-refractivity contribution in [3.63, 3.8) is 0 Å². The molecule has 0 aromatic heterocycles. The van der Waals surface area contributed by atoms with Crippen molar-refractivity contribution < 1.29 is 24.2 Å². The molecule has 1 aliphatic heterocycles. The normalized spacial score (nSPS) is 12.8. The van der Waals surface area contributed by atoms with Crippen molar-refractivity contribution in [2.24, 2.45) is 0 Å². The molecule has 1 aromatic carbocycles. The predicted molar refractivity (Wildman–Crippen MR) is 58.6 cm³/mol. The number of hydrogen-bond donors (Lipinski definition) is 1. The highest BCUT2D eigenvalue weighted by Crippen LogP contribution is 2.18. The summed E-state index contributed by atoms with van der Waals surface area (Å²) in [5, 5.41) is 7.83. The van der Waals surface area contributed by atoms with Gasteiger partial charge >= 0.3 is 17.9 Å². The molecule has 0 amide bonds. The summed E-state index contributed by atoms with van der Waals surface area (Å²) in [6.07, 6.45) is 2.56. The van der Waals surface area contributed by atoms with Crippen molar-refractivity contribution in [3.8, 4) is 0 Å². The fourth-order valence-electron chi connectivity index (χ4n) is 1.18. The van der Waals surface area contributed by atoms with Crippen molar-refractivity contribution >= 4 is 17.9 Å². The number of carboxylic acid groups (broad SMARTS) is 1. The Morgan fingerprint density at radius 3 is 1.94 bits per heavy atom. The van der Waals surface area contributed by atoms with Gasteiger partial charge in [-0.3, -0.25) is 0 Å². The lowest BCUT2D eigenvalue weighted by Gasteiger charge is -1.86. The van der Waals surface area contributed by atoms with E-state index in [4.69, 9.17) is 5.11 Å². The van der Waals surface area contributed by atoms with Crippen LogP contribution in [0.4, 0.5) is 0 Å². The number of rotatable bonds is 1. The highest BCUT2D eigenvalue weighted by molar-refractivity contribution is 6.14. The Kier molecular flexibility index (Phi) is 4.16. The monoisotopic (exact) mass is 234 g/mol. The number of hydrogen-bond acceptors (Lipinski definition) is 4. The van der Waals surface area contributed by atoms with E-state index >= 15 is 0 Å². The predicted octanol–water partition coefficient (Wildman–Crippen LogP) is 1.64. The molecule has 5 nitrogen and oxygen atoms in total. The summed E-state index contributed by atoms with van der Waals surface area (Å²) < 4.78 is 4.35. The smallest absolute Gasteiger partial charge is 0.346 e. The molecule has 0 saturated heterocycles. The largest absolute Gasteiger partial charge is 0.478 e. The zero-order valence-corrected chi connectivity index (χ0v) is 9.04. The molecule has 0 fully saturated rings. The SMILES string of the molecule is CC=CC(=O)O.O=C1OC(=O)c2ccccc21. The van der Waals surface area contributed by atoms with Gasteiger partial charge in [-0.15, -0.1) is 0 Å². The van der Waals surface area contributed by atoms with Crippen LogP contribution in [0.5, 0.6) is 0 Å². The third-order valence-electron chi connectivity index (χ3n) is 1.86. The molecule has 5 heteroatoms. The topological polar surface area (TPSA) is 80.7 Å². The van der Waals surface area contributed by atoms with Crippen LogP contribution in [0.3, 0.4) is 0 Å². The Morgan fingerprint density at radius 2 is 1.65 bits per heavy atom. The second kappa shape index (κ2) is 5.60. The zero-order valence-electron chi connectivity index (χ0n) is 9.04. The highest BCUT2D eigenvalue weighted by Gasteiger charge is 2.28. The number of esters is 2. The van der Waals surface area contributed by atoms with E-state index in [9.17, 15) is 14.4 Å². The van der Waals surface area contributed by atoms with Crippen LogP contribution in [0.15, 0.2) is 36.4 Å². The maximum absolute atomic E-state index is 10.8. The molecule has 0 atom stereocenters. The first kappa shape index (κ1) is 12.6. The molecule has 0 spiro atoms. The van der Waals surface area contributed by atoms with Crippen LogP contribution in [0.1, 0.15) is 27.6 Å². The van der Waals surface area contributed by atoms with Gasteiger partial charge in [-0.05, 0) is 19.1 Å². The first-order chi connectivity index (χ1) is 8.06. The lowest BCUT2D eigenvalue weighted by molar-refractivity contribution is -0.131. The fraction of sp³-hybridized carbons (Fsp3) is 0.0833. The second-order valence-corrected chi connectivity index (χ2v) is 3.06. The summed E-state index contributed by atoms with van der Waals surface area (Å²) in [6, 6.07) is 6.53. The molecule has 2 rings (SSSR count). The van der Waals surface area contributed by atoms with E-state index in [0.717, 1.165) is 6.08 Å². The van der Waals surface area contributed by atoms with Gasteiger partial charge < -0.3 is 9.84 Å². The molecule has 17 heavy (non-hydrogen) atoms. The number of carbonyl (C=O) groups is 3. The van der Waals surface area contributed by atoms with Gasteiger partial charge in [0.1, 0.15) is 0 Å². The molecular weight excluding hydrogens is 224 g/mol. The molecule has 0 radical (unpaired) electrons. The van der Waals surface area contributed by atoms with E-state index in [1.54, 1.807) is 31.2 Å². The van der Waals surface area contributed by atoms with Gasteiger partial charge in [0.15, 0.2) is 0 Å². The lowest BCUT2D eigenvalue weighted by atomic mass is 10.1. The van der Waals surface area contributed by atoms with Crippen LogP contribution in [0.25, 0.3) is 0 Å². The van der Waals surface area contributed by atoms with Crippen molar-refractivity contribution in [2.45, 2.75) is 6.92 Å². The van der Waals surface area contributed by atoms with E-state index in [1.807, 2.05) is 0 Å². The average Bonchev–Trinajstić information content (AvgIpc) is 2.56. The van der Waals surface area contributed by atoms with Gasteiger partial charge in [-0.25, -0.2) is 14.4 Å². The van der Waals surface area contributed by atoms with Gasteiger partial charge in [0.05, 0.1) is 11.1 Å². The van der Waals surface area contributed by atoms with Gasteiger partial charge in [-0.1, -0.05) is 18.2 Å². The number of ether oxygens (including phenoxy) is 1. The first-order valence-corrected chi connectivity index (χ1v) is 4.77. The third kappa shape index (κ3) is 3.27.